The molecule has 0 aliphatic rings. The first kappa shape index (κ1) is 10.4. The average molecular weight is 224 g/mol. The molecular weight excluding hydrogens is 208 g/mol. The highest BCUT2D eigenvalue weighted by Crippen LogP contribution is 2.32. The molecule has 0 radical (unpaired) electrons. The van der Waals surface area contributed by atoms with Crippen molar-refractivity contribution in [3.05, 3.63) is 47.5 Å². The predicted octanol–water partition coefficient (Wildman–Crippen LogP) is 4.85. The van der Waals surface area contributed by atoms with Crippen molar-refractivity contribution >= 4 is 21.9 Å². The third-order valence-corrected chi connectivity index (χ3v) is 3.43. The van der Waals surface area contributed by atoms with Gasteiger partial charge < -0.3 is 4.42 Å². The molecule has 1 aromatic heterocycles. The van der Waals surface area contributed by atoms with Crippen LogP contribution in [0.5, 0.6) is 0 Å². The Balaban J connectivity index is 2.36. The highest BCUT2D eigenvalue weighted by molar-refractivity contribution is 6.06. The highest BCUT2D eigenvalue weighted by atomic mass is 16.3. The maximum Gasteiger partial charge on any atom is 0.138 e. The molecule has 17 heavy (non-hydrogen) atoms. The summed E-state index contributed by atoms with van der Waals surface area (Å²) in [7, 11) is 0. The van der Waals surface area contributed by atoms with E-state index in [-0.39, 0.29) is 0 Å². The van der Waals surface area contributed by atoms with Crippen LogP contribution in [-0.2, 0) is 6.42 Å². The van der Waals surface area contributed by atoms with E-state index in [0.717, 1.165) is 17.6 Å². The molecule has 1 heteroatoms. The maximum absolute atomic E-state index is 5.97. The van der Waals surface area contributed by atoms with E-state index < -0.39 is 0 Å². The lowest BCUT2D eigenvalue weighted by Gasteiger charge is -2.03. The molecule has 0 amide bonds. The second-order valence-electron chi connectivity index (χ2n) is 4.57. The summed E-state index contributed by atoms with van der Waals surface area (Å²) in [6.45, 7) is 4.37. The third-order valence-electron chi connectivity index (χ3n) is 3.43. The Kier molecular flexibility index (Phi) is 2.40. The zero-order chi connectivity index (χ0) is 11.8. The van der Waals surface area contributed by atoms with Crippen molar-refractivity contribution in [2.45, 2.75) is 26.7 Å². The lowest BCUT2D eigenvalue weighted by atomic mass is 10.0. The summed E-state index contributed by atoms with van der Waals surface area (Å²) in [5.74, 6) is 0. The van der Waals surface area contributed by atoms with Gasteiger partial charge in [0.15, 0.2) is 0 Å². The number of fused-ring (bicyclic) bond motifs is 3. The van der Waals surface area contributed by atoms with Gasteiger partial charge in [-0.3, -0.25) is 0 Å². The first-order valence-electron chi connectivity index (χ1n) is 6.21. The molecule has 1 heterocycles. The van der Waals surface area contributed by atoms with Crippen LogP contribution in [0.4, 0.5) is 0 Å². The fourth-order valence-electron chi connectivity index (χ4n) is 2.50. The molecule has 0 bridgehead atoms. The summed E-state index contributed by atoms with van der Waals surface area (Å²) in [6, 6.07) is 12.7. The van der Waals surface area contributed by atoms with E-state index in [9.17, 15) is 0 Å². The van der Waals surface area contributed by atoms with Crippen LogP contribution in [0.3, 0.4) is 0 Å². The Morgan fingerprint density at radius 2 is 1.82 bits per heavy atom. The van der Waals surface area contributed by atoms with Gasteiger partial charge in [-0.25, -0.2) is 0 Å². The van der Waals surface area contributed by atoms with Crippen LogP contribution < -0.4 is 0 Å². The summed E-state index contributed by atoms with van der Waals surface area (Å²) in [6.07, 6.45) is 2.30. The topological polar surface area (TPSA) is 13.1 Å². The molecule has 1 nitrogen and oxygen atoms in total. The summed E-state index contributed by atoms with van der Waals surface area (Å²) in [5, 5.41) is 2.45. The molecule has 0 unspecified atom stereocenters. The van der Waals surface area contributed by atoms with Crippen LogP contribution in [-0.4, -0.2) is 0 Å². The fraction of sp³-hybridized carbons (Fsp3) is 0.250. The zero-order valence-corrected chi connectivity index (χ0v) is 10.3. The van der Waals surface area contributed by atoms with E-state index in [2.05, 4.69) is 38.1 Å². The molecule has 3 aromatic rings. The Labute approximate surface area is 101 Å². The summed E-state index contributed by atoms with van der Waals surface area (Å²) in [5.41, 5.74) is 4.73. The number of rotatable bonds is 2. The monoisotopic (exact) mass is 224 g/mol. The first-order valence-corrected chi connectivity index (χ1v) is 6.21. The fourth-order valence-corrected chi connectivity index (χ4v) is 2.50. The number of hydrogen-bond donors (Lipinski definition) is 0. The second kappa shape index (κ2) is 3.92. The van der Waals surface area contributed by atoms with Crippen molar-refractivity contribution < 1.29 is 4.42 Å². The zero-order valence-electron chi connectivity index (χ0n) is 10.3. The minimum Gasteiger partial charge on any atom is -0.456 e. The van der Waals surface area contributed by atoms with Gasteiger partial charge in [-0.2, -0.15) is 0 Å². The van der Waals surface area contributed by atoms with Gasteiger partial charge in [0, 0.05) is 10.8 Å². The first-order chi connectivity index (χ1) is 8.31. The van der Waals surface area contributed by atoms with E-state index in [1.54, 1.807) is 0 Å². The van der Waals surface area contributed by atoms with Crippen LogP contribution in [0.1, 0.15) is 24.5 Å². The van der Waals surface area contributed by atoms with Gasteiger partial charge in [-0.1, -0.05) is 43.7 Å². The number of para-hydroxylation sites is 1. The Hall–Kier alpha value is -1.76. The molecule has 0 N–H and O–H groups in total. The molecule has 0 saturated heterocycles. The number of benzene rings is 2. The van der Waals surface area contributed by atoms with Gasteiger partial charge >= 0.3 is 0 Å². The third kappa shape index (κ3) is 1.54. The van der Waals surface area contributed by atoms with Crippen molar-refractivity contribution in [1.82, 2.24) is 0 Å². The lowest BCUT2D eigenvalue weighted by molar-refractivity contribution is 0.664. The van der Waals surface area contributed by atoms with Crippen LogP contribution in [0, 0.1) is 6.92 Å². The van der Waals surface area contributed by atoms with Crippen LogP contribution in [0.15, 0.2) is 40.8 Å². The quantitative estimate of drug-likeness (QED) is 0.606. The molecule has 0 atom stereocenters. The van der Waals surface area contributed by atoms with Crippen molar-refractivity contribution in [3.63, 3.8) is 0 Å². The molecule has 3 rings (SSSR count). The molecule has 2 aromatic carbocycles. The van der Waals surface area contributed by atoms with Crippen molar-refractivity contribution in [3.8, 4) is 0 Å². The van der Waals surface area contributed by atoms with E-state index >= 15 is 0 Å². The second-order valence-corrected chi connectivity index (χ2v) is 4.57. The normalized spacial score (nSPS) is 11.4. The van der Waals surface area contributed by atoms with E-state index in [0.29, 0.717) is 0 Å². The number of aryl methyl sites for hydroxylation is 2. The van der Waals surface area contributed by atoms with Gasteiger partial charge in [-0.15, -0.1) is 0 Å². The molecular formula is C16H16O. The largest absolute Gasteiger partial charge is 0.456 e. The van der Waals surface area contributed by atoms with Crippen molar-refractivity contribution in [2.24, 2.45) is 0 Å². The molecule has 86 valence electrons. The predicted molar refractivity (Wildman–Crippen MR) is 72.5 cm³/mol. The summed E-state index contributed by atoms with van der Waals surface area (Å²) < 4.78 is 5.97. The Bertz CT molecular complexity index is 676. The molecule has 0 aliphatic carbocycles. The summed E-state index contributed by atoms with van der Waals surface area (Å²) in [4.78, 5) is 0. The van der Waals surface area contributed by atoms with Gasteiger partial charge in [0.05, 0.1) is 0 Å². The minimum atomic E-state index is 0.985. The van der Waals surface area contributed by atoms with Crippen molar-refractivity contribution in [2.75, 3.05) is 0 Å². The molecule has 0 fully saturated rings. The van der Waals surface area contributed by atoms with Crippen LogP contribution >= 0.6 is 0 Å². The average Bonchev–Trinajstić information content (AvgIpc) is 2.73. The smallest absolute Gasteiger partial charge is 0.138 e. The number of furan rings is 1. The van der Waals surface area contributed by atoms with Gasteiger partial charge in [0.2, 0.25) is 0 Å². The Morgan fingerprint density at radius 3 is 2.65 bits per heavy atom. The van der Waals surface area contributed by atoms with E-state index in [4.69, 9.17) is 4.42 Å². The SMILES string of the molecule is CCCc1ccc2c(oc3ccccc32)c1C. The van der Waals surface area contributed by atoms with Gasteiger partial charge in [0.25, 0.3) is 0 Å². The maximum atomic E-state index is 5.97. The van der Waals surface area contributed by atoms with Crippen LogP contribution in [0.25, 0.3) is 21.9 Å². The highest BCUT2D eigenvalue weighted by Gasteiger charge is 2.10. The number of hydrogen-bond acceptors (Lipinski definition) is 1. The van der Waals surface area contributed by atoms with E-state index in [1.807, 2.05) is 12.1 Å². The summed E-state index contributed by atoms with van der Waals surface area (Å²) >= 11 is 0. The molecule has 0 spiro atoms. The Morgan fingerprint density at radius 1 is 1.00 bits per heavy atom. The lowest BCUT2D eigenvalue weighted by Crippen LogP contribution is -1.88. The van der Waals surface area contributed by atoms with Crippen LogP contribution in [0.2, 0.25) is 0 Å². The van der Waals surface area contributed by atoms with E-state index in [1.165, 1.54) is 28.3 Å². The standard InChI is InChI=1S/C16H16O/c1-3-6-12-9-10-14-13-7-4-5-8-15(13)17-16(14)11(12)2/h4-5,7-10H,3,6H2,1-2H3. The van der Waals surface area contributed by atoms with Crippen molar-refractivity contribution in [1.29, 1.82) is 0 Å². The van der Waals surface area contributed by atoms with Gasteiger partial charge in [-0.05, 0) is 30.5 Å². The minimum absolute atomic E-state index is 0.985. The van der Waals surface area contributed by atoms with Gasteiger partial charge in [0.1, 0.15) is 11.2 Å². The molecule has 0 aliphatic heterocycles. The molecule has 0 saturated carbocycles.